The highest BCUT2D eigenvalue weighted by molar-refractivity contribution is 5.73. The number of carbonyl (C=O) groups is 1. The molecule has 1 aromatic rings. The van der Waals surface area contributed by atoms with Crippen LogP contribution in [0.15, 0.2) is 6.20 Å². The van der Waals surface area contributed by atoms with Crippen LogP contribution in [0.2, 0.25) is 0 Å². The number of rotatable bonds is 3. The summed E-state index contributed by atoms with van der Waals surface area (Å²) in [5.41, 5.74) is 5.85. The Morgan fingerprint density at radius 2 is 2.46 bits per heavy atom. The zero-order chi connectivity index (χ0) is 9.84. The maximum absolute atomic E-state index is 10.4. The molecule has 6 heteroatoms. The van der Waals surface area contributed by atoms with Gasteiger partial charge in [0.05, 0.1) is 11.9 Å². The third kappa shape index (κ3) is 2.75. The fraction of sp³-hybridized carbons (Fsp3) is 0.429. The van der Waals surface area contributed by atoms with Crippen LogP contribution in [0.25, 0.3) is 0 Å². The molecular weight excluding hydrogens is 172 g/mol. The average Bonchev–Trinajstić information content (AvgIpc) is 2.04. The molecule has 0 saturated heterocycles. The molecule has 1 unspecified atom stereocenters. The molecule has 1 heterocycles. The maximum atomic E-state index is 10.4. The van der Waals surface area contributed by atoms with E-state index in [-0.39, 0.29) is 6.42 Å². The van der Waals surface area contributed by atoms with Gasteiger partial charge in [-0.1, -0.05) is 0 Å². The van der Waals surface area contributed by atoms with Crippen LogP contribution in [0.4, 0.5) is 0 Å². The molecule has 0 aliphatic rings. The fourth-order valence-corrected chi connectivity index (χ4v) is 0.849. The molecule has 0 amide bonds. The van der Waals surface area contributed by atoms with Gasteiger partial charge in [-0.05, 0) is 6.92 Å². The first-order chi connectivity index (χ1) is 6.09. The van der Waals surface area contributed by atoms with Gasteiger partial charge in [0.2, 0.25) is 0 Å². The summed E-state index contributed by atoms with van der Waals surface area (Å²) in [6.45, 7) is 1.68. The zero-order valence-corrected chi connectivity index (χ0v) is 7.14. The number of nitrogens with two attached hydrogens (primary N) is 1. The highest BCUT2D eigenvalue weighted by Gasteiger charge is 2.13. The third-order valence-corrected chi connectivity index (χ3v) is 1.46. The first kappa shape index (κ1) is 9.53. The van der Waals surface area contributed by atoms with E-state index in [1.54, 1.807) is 6.92 Å². The molecule has 0 radical (unpaired) electrons. The van der Waals surface area contributed by atoms with E-state index >= 15 is 0 Å². The number of carboxylic acids is 1. The Kier molecular flexibility index (Phi) is 2.86. The standard InChI is InChI=1S/C7H10N4O2/c1-4-10-5(3-9-11-4)2-6(8)7(12)13/h3,6H,2,8H2,1H3,(H,12,13). The largest absolute Gasteiger partial charge is 0.480 e. The molecule has 70 valence electrons. The molecule has 0 bridgehead atoms. The van der Waals surface area contributed by atoms with E-state index < -0.39 is 12.0 Å². The second-order valence-corrected chi connectivity index (χ2v) is 2.64. The summed E-state index contributed by atoms with van der Waals surface area (Å²) < 4.78 is 0. The minimum atomic E-state index is -1.05. The van der Waals surface area contributed by atoms with E-state index in [4.69, 9.17) is 10.8 Å². The quantitative estimate of drug-likeness (QED) is 0.630. The van der Waals surface area contributed by atoms with Gasteiger partial charge >= 0.3 is 5.97 Å². The van der Waals surface area contributed by atoms with Crippen molar-refractivity contribution in [1.82, 2.24) is 15.2 Å². The van der Waals surface area contributed by atoms with E-state index in [1.807, 2.05) is 0 Å². The molecule has 0 fully saturated rings. The molecule has 0 saturated carbocycles. The van der Waals surface area contributed by atoms with Crippen LogP contribution in [0.5, 0.6) is 0 Å². The Labute approximate surface area is 74.8 Å². The molecule has 1 atom stereocenters. The Bertz CT molecular complexity index is 315. The Morgan fingerprint density at radius 3 is 3.00 bits per heavy atom. The zero-order valence-electron chi connectivity index (χ0n) is 7.14. The summed E-state index contributed by atoms with van der Waals surface area (Å²) >= 11 is 0. The van der Waals surface area contributed by atoms with Crippen LogP contribution in [0.1, 0.15) is 11.5 Å². The van der Waals surface area contributed by atoms with Gasteiger partial charge in [-0.2, -0.15) is 5.10 Å². The van der Waals surface area contributed by atoms with Crippen molar-refractivity contribution < 1.29 is 9.90 Å². The van der Waals surface area contributed by atoms with Gasteiger partial charge in [0.1, 0.15) is 11.9 Å². The van der Waals surface area contributed by atoms with Crippen LogP contribution in [-0.2, 0) is 11.2 Å². The average molecular weight is 182 g/mol. The topological polar surface area (TPSA) is 102 Å². The van der Waals surface area contributed by atoms with E-state index in [0.29, 0.717) is 11.5 Å². The summed E-state index contributed by atoms with van der Waals surface area (Å²) in [7, 11) is 0. The summed E-state index contributed by atoms with van der Waals surface area (Å²) in [6.07, 6.45) is 1.58. The molecule has 13 heavy (non-hydrogen) atoms. The predicted molar refractivity (Wildman–Crippen MR) is 43.9 cm³/mol. The van der Waals surface area contributed by atoms with Gasteiger partial charge in [0.25, 0.3) is 0 Å². The lowest BCUT2D eigenvalue weighted by molar-refractivity contribution is -0.138. The van der Waals surface area contributed by atoms with Crippen LogP contribution in [0, 0.1) is 6.92 Å². The summed E-state index contributed by atoms with van der Waals surface area (Å²) in [5.74, 6) is -0.536. The monoisotopic (exact) mass is 182 g/mol. The third-order valence-electron chi connectivity index (χ3n) is 1.46. The summed E-state index contributed by atoms with van der Waals surface area (Å²) in [4.78, 5) is 14.4. The first-order valence-electron chi connectivity index (χ1n) is 3.73. The van der Waals surface area contributed by atoms with E-state index in [9.17, 15) is 4.79 Å². The molecule has 1 aromatic heterocycles. The molecule has 1 rings (SSSR count). The first-order valence-corrected chi connectivity index (χ1v) is 3.73. The van der Waals surface area contributed by atoms with Crippen LogP contribution in [0.3, 0.4) is 0 Å². The number of carboxylic acid groups (broad SMARTS) is 1. The normalized spacial score (nSPS) is 12.5. The highest BCUT2D eigenvalue weighted by atomic mass is 16.4. The van der Waals surface area contributed by atoms with Crippen molar-refractivity contribution >= 4 is 5.97 Å². The SMILES string of the molecule is Cc1nncc(CC(N)C(=O)O)n1. The summed E-state index contributed by atoms with van der Waals surface area (Å²) in [6, 6.07) is -0.934. The van der Waals surface area contributed by atoms with Crippen molar-refractivity contribution in [2.75, 3.05) is 0 Å². The molecule has 3 N–H and O–H groups in total. The molecule has 0 aromatic carbocycles. The van der Waals surface area contributed by atoms with Gasteiger partial charge in [-0.3, -0.25) is 4.79 Å². The summed E-state index contributed by atoms with van der Waals surface area (Å²) in [5, 5.41) is 15.8. The number of hydrogen-bond acceptors (Lipinski definition) is 5. The minimum absolute atomic E-state index is 0.172. The molecular formula is C7H10N4O2. The van der Waals surface area contributed by atoms with Crippen molar-refractivity contribution in [2.45, 2.75) is 19.4 Å². The van der Waals surface area contributed by atoms with Crippen LogP contribution < -0.4 is 5.73 Å². The highest BCUT2D eigenvalue weighted by Crippen LogP contribution is 1.96. The maximum Gasteiger partial charge on any atom is 0.320 e. The minimum Gasteiger partial charge on any atom is -0.480 e. The lowest BCUT2D eigenvalue weighted by atomic mass is 10.2. The van der Waals surface area contributed by atoms with Crippen molar-refractivity contribution in [3.8, 4) is 0 Å². The lowest BCUT2D eigenvalue weighted by Crippen LogP contribution is -2.32. The molecule has 0 spiro atoms. The van der Waals surface area contributed by atoms with E-state index in [2.05, 4.69) is 15.2 Å². The Morgan fingerprint density at radius 1 is 1.77 bits per heavy atom. The second kappa shape index (κ2) is 3.90. The van der Waals surface area contributed by atoms with E-state index in [0.717, 1.165) is 0 Å². The lowest BCUT2D eigenvalue weighted by Gasteiger charge is -2.04. The van der Waals surface area contributed by atoms with Gasteiger partial charge in [-0.25, -0.2) is 4.98 Å². The van der Waals surface area contributed by atoms with Gasteiger partial charge in [0, 0.05) is 6.42 Å². The molecule has 0 aliphatic heterocycles. The van der Waals surface area contributed by atoms with Crippen LogP contribution in [-0.4, -0.2) is 32.3 Å². The smallest absolute Gasteiger partial charge is 0.320 e. The van der Waals surface area contributed by atoms with Crippen molar-refractivity contribution in [3.05, 3.63) is 17.7 Å². The van der Waals surface area contributed by atoms with Gasteiger partial charge < -0.3 is 10.8 Å². The second-order valence-electron chi connectivity index (χ2n) is 2.64. The number of aliphatic carboxylic acids is 1. The van der Waals surface area contributed by atoms with Crippen LogP contribution >= 0.6 is 0 Å². The predicted octanol–water partition coefficient (Wildman–Crippen LogP) is -0.866. The Balaban J connectivity index is 2.69. The van der Waals surface area contributed by atoms with Gasteiger partial charge in [0.15, 0.2) is 0 Å². The Hall–Kier alpha value is -1.56. The van der Waals surface area contributed by atoms with E-state index in [1.165, 1.54) is 6.20 Å². The van der Waals surface area contributed by atoms with Gasteiger partial charge in [-0.15, -0.1) is 5.10 Å². The number of hydrogen-bond donors (Lipinski definition) is 2. The van der Waals surface area contributed by atoms with Crippen molar-refractivity contribution in [2.24, 2.45) is 5.73 Å². The fourth-order valence-electron chi connectivity index (χ4n) is 0.849. The number of nitrogens with zero attached hydrogens (tertiary/aromatic N) is 3. The number of aryl methyl sites for hydroxylation is 1. The van der Waals surface area contributed by atoms with Crippen molar-refractivity contribution in [3.63, 3.8) is 0 Å². The molecule has 6 nitrogen and oxygen atoms in total. The number of aromatic nitrogens is 3. The van der Waals surface area contributed by atoms with Crippen molar-refractivity contribution in [1.29, 1.82) is 0 Å². The molecule has 0 aliphatic carbocycles.